The van der Waals surface area contributed by atoms with Gasteiger partial charge in [0, 0.05) is 17.1 Å². The first kappa shape index (κ1) is 14.1. The van der Waals surface area contributed by atoms with Crippen molar-refractivity contribution in [3.8, 4) is 11.8 Å². The van der Waals surface area contributed by atoms with Crippen LogP contribution in [-0.2, 0) is 0 Å². The number of aliphatic hydroxyl groups excluding tert-OH is 1. The molecule has 1 aromatic carbocycles. The number of rotatable bonds is 2. The maximum Gasteiger partial charge on any atom is 0.260 e. The summed E-state index contributed by atoms with van der Waals surface area (Å²) in [6, 6.07) is 3.91. The smallest absolute Gasteiger partial charge is 0.260 e. The van der Waals surface area contributed by atoms with Gasteiger partial charge in [0.25, 0.3) is 5.91 Å². The Balaban J connectivity index is 2.24. The topological polar surface area (TPSA) is 75.1 Å². The van der Waals surface area contributed by atoms with Gasteiger partial charge in [-0.25, -0.2) is 9.37 Å². The Morgan fingerprint density at radius 1 is 1.55 bits per heavy atom. The highest BCUT2D eigenvalue weighted by Gasteiger charge is 2.14. The predicted molar refractivity (Wildman–Crippen MR) is 73.0 cm³/mol. The summed E-state index contributed by atoms with van der Waals surface area (Å²) in [5, 5.41) is 11.4. The van der Waals surface area contributed by atoms with Crippen molar-refractivity contribution in [2.75, 3.05) is 11.9 Å². The lowest BCUT2D eigenvalue weighted by molar-refractivity contribution is 0.102. The first-order chi connectivity index (χ1) is 9.60. The van der Waals surface area contributed by atoms with Gasteiger partial charge in [-0.2, -0.15) is 4.37 Å². The number of halogens is 1. The third-order valence-corrected chi connectivity index (χ3v) is 2.99. The molecule has 0 spiro atoms. The van der Waals surface area contributed by atoms with E-state index in [0.717, 1.165) is 17.6 Å². The third-order valence-electron chi connectivity index (χ3n) is 2.27. The van der Waals surface area contributed by atoms with Gasteiger partial charge in [0.2, 0.25) is 5.13 Å². The van der Waals surface area contributed by atoms with Gasteiger partial charge < -0.3 is 5.11 Å². The Hall–Kier alpha value is -2.30. The van der Waals surface area contributed by atoms with Crippen LogP contribution >= 0.6 is 11.5 Å². The minimum atomic E-state index is -0.654. The van der Waals surface area contributed by atoms with E-state index in [-0.39, 0.29) is 12.2 Å². The highest BCUT2D eigenvalue weighted by molar-refractivity contribution is 7.09. The average Bonchev–Trinajstić information content (AvgIpc) is 2.83. The van der Waals surface area contributed by atoms with Gasteiger partial charge in [-0.3, -0.25) is 10.1 Å². The van der Waals surface area contributed by atoms with Crippen LogP contribution in [0.15, 0.2) is 18.2 Å². The highest BCUT2D eigenvalue weighted by Crippen LogP contribution is 2.15. The van der Waals surface area contributed by atoms with Crippen LogP contribution in [0.1, 0.15) is 21.7 Å². The van der Waals surface area contributed by atoms with Crippen molar-refractivity contribution in [3.63, 3.8) is 0 Å². The average molecular weight is 291 g/mol. The summed E-state index contributed by atoms with van der Waals surface area (Å²) in [6.07, 6.45) is 0. The molecule has 1 heterocycles. The van der Waals surface area contributed by atoms with Crippen molar-refractivity contribution in [3.05, 3.63) is 41.0 Å². The summed E-state index contributed by atoms with van der Waals surface area (Å²) in [5.74, 6) is 4.31. The molecule has 0 saturated carbocycles. The zero-order valence-electron chi connectivity index (χ0n) is 10.5. The number of hydrogen-bond acceptors (Lipinski definition) is 5. The molecule has 102 valence electrons. The van der Waals surface area contributed by atoms with E-state index in [1.165, 1.54) is 12.1 Å². The second-order valence-electron chi connectivity index (χ2n) is 3.76. The van der Waals surface area contributed by atoms with Crippen LogP contribution in [0.2, 0.25) is 0 Å². The lowest BCUT2D eigenvalue weighted by Crippen LogP contribution is -2.13. The molecule has 7 heteroatoms. The number of hydrogen-bond donors (Lipinski definition) is 2. The van der Waals surface area contributed by atoms with E-state index in [0.29, 0.717) is 16.5 Å². The zero-order valence-corrected chi connectivity index (χ0v) is 11.3. The molecule has 20 heavy (non-hydrogen) atoms. The van der Waals surface area contributed by atoms with Gasteiger partial charge in [0.05, 0.1) is 5.56 Å². The van der Waals surface area contributed by atoms with Crippen molar-refractivity contribution < 1.29 is 14.3 Å². The van der Waals surface area contributed by atoms with Crippen molar-refractivity contribution in [2.45, 2.75) is 6.92 Å². The standard InChI is InChI=1S/C13H10FN3O2S/c1-8-15-13(20-17-8)16-12(19)10-7-9(3-2-6-18)4-5-11(10)14/h4-5,7,18H,6H2,1H3,(H,15,16,17,19). The van der Waals surface area contributed by atoms with Crippen LogP contribution in [0.3, 0.4) is 0 Å². The lowest BCUT2D eigenvalue weighted by Gasteiger charge is -2.03. The molecule has 0 aliphatic rings. The van der Waals surface area contributed by atoms with Gasteiger partial charge in [0.1, 0.15) is 18.2 Å². The third kappa shape index (κ3) is 3.38. The molecule has 0 radical (unpaired) electrons. The molecule has 0 unspecified atom stereocenters. The molecular weight excluding hydrogens is 281 g/mol. The fraction of sp³-hybridized carbons (Fsp3) is 0.154. The number of nitrogens with one attached hydrogen (secondary N) is 1. The minimum Gasteiger partial charge on any atom is -0.384 e. The molecule has 2 rings (SSSR count). The first-order valence-electron chi connectivity index (χ1n) is 5.61. The number of carbonyl (C=O) groups excluding carboxylic acids is 1. The number of amides is 1. The minimum absolute atomic E-state index is 0.136. The van der Waals surface area contributed by atoms with E-state index < -0.39 is 11.7 Å². The molecule has 0 aliphatic carbocycles. The maximum absolute atomic E-state index is 13.7. The highest BCUT2D eigenvalue weighted by atomic mass is 32.1. The van der Waals surface area contributed by atoms with Gasteiger partial charge in [-0.05, 0) is 25.1 Å². The predicted octanol–water partition coefficient (Wildman–Crippen LogP) is 1.58. The van der Waals surface area contributed by atoms with Crippen LogP contribution in [0, 0.1) is 24.6 Å². The van der Waals surface area contributed by atoms with Crippen LogP contribution in [-0.4, -0.2) is 27.0 Å². The normalized spacial score (nSPS) is 9.75. The number of carbonyl (C=O) groups is 1. The Morgan fingerprint density at radius 2 is 2.35 bits per heavy atom. The number of aromatic nitrogens is 2. The Morgan fingerprint density at radius 3 is 3.00 bits per heavy atom. The first-order valence-corrected chi connectivity index (χ1v) is 6.38. The Labute approximate surface area is 118 Å². The number of aryl methyl sites for hydroxylation is 1. The summed E-state index contributed by atoms with van der Waals surface area (Å²) in [4.78, 5) is 15.9. The quantitative estimate of drug-likeness (QED) is 0.824. The summed E-state index contributed by atoms with van der Waals surface area (Å²) in [5.41, 5.74) is 0.307. The molecule has 0 aliphatic heterocycles. The molecular formula is C13H10FN3O2S. The van der Waals surface area contributed by atoms with Gasteiger partial charge >= 0.3 is 0 Å². The Kier molecular flexibility index (Phi) is 4.40. The van der Waals surface area contributed by atoms with E-state index in [9.17, 15) is 9.18 Å². The van der Waals surface area contributed by atoms with E-state index >= 15 is 0 Å². The van der Waals surface area contributed by atoms with Crippen LogP contribution in [0.25, 0.3) is 0 Å². The molecule has 0 fully saturated rings. The molecule has 0 saturated heterocycles. The van der Waals surface area contributed by atoms with Gasteiger partial charge in [0.15, 0.2) is 0 Å². The number of nitrogens with zero attached hydrogens (tertiary/aromatic N) is 2. The summed E-state index contributed by atoms with van der Waals surface area (Å²) < 4.78 is 17.6. The van der Waals surface area contributed by atoms with E-state index in [1.54, 1.807) is 6.92 Å². The van der Waals surface area contributed by atoms with Crippen LogP contribution < -0.4 is 5.32 Å². The fourth-order valence-corrected chi connectivity index (χ4v) is 2.00. The maximum atomic E-state index is 13.7. The summed E-state index contributed by atoms with van der Waals surface area (Å²) >= 11 is 1.02. The number of aliphatic hydroxyl groups is 1. The van der Waals surface area contributed by atoms with Crippen LogP contribution in [0.4, 0.5) is 9.52 Å². The van der Waals surface area contributed by atoms with E-state index in [4.69, 9.17) is 5.11 Å². The number of anilines is 1. The van der Waals surface area contributed by atoms with Crippen molar-refractivity contribution >= 4 is 22.6 Å². The van der Waals surface area contributed by atoms with E-state index in [1.807, 2.05) is 0 Å². The SMILES string of the molecule is Cc1nsc(NC(=O)c2cc(C#CCO)ccc2F)n1. The van der Waals surface area contributed by atoms with Crippen molar-refractivity contribution in [2.24, 2.45) is 0 Å². The summed E-state index contributed by atoms with van der Waals surface area (Å²) in [6.45, 7) is 1.39. The zero-order chi connectivity index (χ0) is 14.5. The van der Waals surface area contributed by atoms with Gasteiger partial charge in [-0.1, -0.05) is 11.8 Å². The monoisotopic (exact) mass is 291 g/mol. The molecule has 2 aromatic rings. The molecule has 0 bridgehead atoms. The molecule has 2 N–H and O–H groups in total. The van der Waals surface area contributed by atoms with E-state index in [2.05, 4.69) is 26.5 Å². The van der Waals surface area contributed by atoms with Crippen LogP contribution in [0.5, 0.6) is 0 Å². The largest absolute Gasteiger partial charge is 0.384 e. The van der Waals surface area contributed by atoms with Crippen molar-refractivity contribution in [1.29, 1.82) is 0 Å². The van der Waals surface area contributed by atoms with Crippen molar-refractivity contribution in [1.82, 2.24) is 9.36 Å². The molecule has 1 amide bonds. The lowest BCUT2D eigenvalue weighted by atomic mass is 10.1. The molecule has 0 atom stereocenters. The summed E-state index contributed by atoms with van der Waals surface area (Å²) in [7, 11) is 0. The fourth-order valence-electron chi connectivity index (χ4n) is 1.43. The molecule has 1 aromatic heterocycles. The Bertz CT molecular complexity index is 703. The second kappa shape index (κ2) is 6.23. The number of benzene rings is 1. The second-order valence-corrected chi connectivity index (χ2v) is 4.51. The molecule has 5 nitrogen and oxygen atoms in total. The van der Waals surface area contributed by atoms with Gasteiger partial charge in [-0.15, -0.1) is 0 Å².